The van der Waals surface area contributed by atoms with Crippen molar-refractivity contribution in [1.29, 1.82) is 0 Å². The lowest BCUT2D eigenvalue weighted by atomic mass is 10.1. The third-order valence-electron chi connectivity index (χ3n) is 3.93. The van der Waals surface area contributed by atoms with Crippen LogP contribution in [0.2, 0.25) is 0 Å². The molecular formula is C20H19NO3S. The number of anilines is 1. The third-order valence-corrected chi connectivity index (χ3v) is 4.80. The molecular weight excluding hydrogens is 334 g/mol. The molecule has 0 saturated carbocycles. The van der Waals surface area contributed by atoms with Gasteiger partial charge in [-0.05, 0) is 35.4 Å². The number of benzene rings is 3. The zero-order valence-electron chi connectivity index (χ0n) is 13.6. The Morgan fingerprint density at radius 1 is 0.680 bits per heavy atom. The molecule has 128 valence electrons. The van der Waals surface area contributed by atoms with Crippen molar-refractivity contribution < 1.29 is 13.0 Å². The largest absolute Gasteiger partial charge is 0.363 e. The molecule has 0 bridgehead atoms. The molecule has 5 heteroatoms. The molecule has 3 aromatic rings. The van der Waals surface area contributed by atoms with E-state index in [2.05, 4.69) is 29.2 Å². The fraction of sp³-hybridized carbons (Fsp3) is 0.100. The van der Waals surface area contributed by atoms with E-state index in [-0.39, 0.29) is 4.90 Å². The zero-order valence-corrected chi connectivity index (χ0v) is 14.4. The van der Waals surface area contributed by atoms with E-state index in [1.165, 1.54) is 17.7 Å². The van der Waals surface area contributed by atoms with Gasteiger partial charge in [-0.15, -0.1) is 0 Å². The summed E-state index contributed by atoms with van der Waals surface area (Å²) in [6.07, 6.45) is 0. The van der Waals surface area contributed by atoms with Gasteiger partial charge in [0, 0.05) is 18.8 Å². The Morgan fingerprint density at radius 2 is 1.16 bits per heavy atom. The van der Waals surface area contributed by atoms with Crippen LogP contribution in [0.25, 0.3) is 0 Å². The van der Waals surface area contributed by atoms with Gasteiger partial charge < -0.3 is 4.90 Å². The summed E-state index contributed by atoms with van der Waals surface area (Å²) in [7, 11) is -4.16. The van der Waals surface area contributed by atoms with Gasteiger partial charge in [0.05, 0.1) is 4.90 Å². The monoisotopic (exact) mass is 353 g/mol. The minimum Gasteiger partial charge on any atom is -0.363 e. The predicted octanol–water partition coefficient (Wildman–Crippen LogP) is 4.14. The van der Waals surface area contributed by atoms with Gasteiger partial charge in [-0.2, -0.15) is 8.42 Å². The molecule has 0 fully saturated rings. The van der Waals surface area contributed by atoms with Gasteiger partial charge in [0.1, 0.15) is 0 Å². The molecule has 0 aromatic heterocycles. The van der Waals surface area contributed by atoms with E-state index in [1.807, 2.05) is 36.4 Å². The molecule has 0 amide bonds. The van der Waals surface area contributed by atoms with Crippen molar-refractivity contribution in [1.82, 2.24) is 0 Å². The summed E-state index contributed by atoms with van der Waals surface area (Å²) in [4.78, 5) is 2.13. The fourth-order valence-electron chi connectivity index (χ4n) is 2.67. The van der Waals surface area contributed by atoms with E-state index in [0.717, 1.165) is 17.8 Å². The van der Waals surface area contributed by atoms with Crippen LogP contribution in [0.1, 0.15) is 11.1 Å². The molecule has 0 aliphatic heterocycles. The van der Waals surface area contributed by atoms with E-state index >= 15 is 0 Å². The van der Waals surface area contributed by atoms with Crippen molar-refractivity contribution >= 4 is 15.8 Å². The summed E-state index contributed by atoms with van der Waals surface area (Å²) in [6.45, 7) is 1.37. The first-order valence-electron chi connectivity index (χ1n) is 7.93. The third kappa shape index (κ3) is 4.68. The lowest BCUT2D eigenvalue weighted by Crippen LogP contribution is -2.22. The lowest BCUT2D eigenvalue weighted by Gasteiger charge is -2.25. The van der Waals surface area contributed by atoms with Crippen molar-refractivity contribution in [2.24, 2.45) is 0 Å². The van der Waals surface area contributed by atoms with Crippen LogP contribution in [-0.2, 0) is 23.2 Å². The number of rotatable bonds is 6. The molecule has 0 aliphatic carbocycles. The quantitative estimate of drug-likeness (QED) is 0.677. The van der Waals surface area contributed by atoms with Gasteiger partial charge in [0.15, 0.2) is 0 Å². The SMILES string of the molecule is O=S(=O)(O)c1ccc(CN(Cc2ccccc2)c2ccccc2)cc1. The average Bonchev–Trinajstić information content (AvgIpc) is 2.62. The standard InChI is InChI=1S/C20H19NO3S/c22-25(23,24)20-13-11-18(12-14-20)16-21(19-9-5-2-6-10-19)15-17-7-3-1-4-8-17/h1-14H,15-16H2,(H,22,23,24). The normalized spacial score (nSPS) is 11.2. The summed E-state index contributed by atoms with van der Waals surface area (Å²) in [5.74, 6) is 0. The highest BCUT2D eigenvalue weighted by molar-refractivity contribution is 7.85. The summed E-state index contributed by atoms with van der Waals surface area (Å²) in [5, 5.41) is 0. The van der Waals surface area contributed by atoms with Gasteiger partial charge in [-0.1, -0.05) is 60.7 Å². The number of hydrogen-bond acceptors (Lipinski definition) is 3. The van der Waals surface area contributed by atoms with E-state index in [0.29, 0.717) is 6.54 Å². The van der Waals surface area contributed by atoms with E-state index in [4.69, 9.17) is 4.55 Å². The highest BCUT2D eigenvalue weighted by Crippen LogP contribution is 2.20. The zero-order chi connectivity index (χ0) is 17.7. The second-order valence-electron chi connectivity index (χ2n) is 5.80. The first-order chi connectivity index (χ1) is 12.0. The van der Waals surface area contributed by atoms with Crippen LogP contribution in [0.4, 0.5) is 5.69 Å². The van der Waals surface area contributed by atoms with E-state index in [1.54, 1.807) is 12.1 Å². The molecule has 0 heterocycles. The van der Waals surface area contributed by atoms with E-state index in [9.17, 15) is 8.42 Å². The minimum absolute atomic E-state index is 0.0921. The highest BCUT2D eigenvalue weighted by atomic mass is 32.2. The first-order valence-corrected chi connectivity index (χ1v) is 9.37. The smallest absolute Gasteiger partial charge is 0.294 e. The van der Waals surface area contributed by atoms with Crippen LogP contribution in [0, 0.1) is 0 Å². The van der Waals surface area contributed by atoms with Crippen molar-refractivity contribution in [3.05, 3.63) is 96.1 Å². The van der Waals surface area contributed by atoms with Crippen LogP contribution < -0.4 is 4.90 Å². The maximum absolute atomic E-state index is 11.2. The fourth-order valence-corrected chi connectivity index (χ4v) is 3.15. The van der Waals surface area contributed by atoms with Crippen LogP contribution in [0.3, 0.4) is 0 Å². The molecule has 25 heavy (non-hydrogen) atoms. The van der Waals surface area contributed by atoms with Crippen LogP contribution >= 0.6 is 0 Å². The Morgan fingerprint density at radius 3 is 1.68 bits per heavy atom. The second-order valence-corrected chi connectivity index (χ2v) is 7.22. The van der Waals surface area contributed by atoms with Gasteiger partial charge in [-0.3, -0.25) is 4.55 Å². The maximum Gasteiger partial charge on any atom is 0.294 e. The second kappa shape index (κ2) is 7.51. The number of nitrogens with zero attached hydrogens (tertiary/aromatic N) is 1. The van der Waals surface area contributed by atoms with Crippen molar-refractivity contribution in [3.63, 3.8) is 0 Å². The number of para-hydroxylation sites is 1. The topological polar surface area (TPSA) is 57.6 Å². The number of hydrogen-bond donors (Lipinski definition) is 1. The molecule has 4 nitrogen and oxygen atoms in total. The molecule has 0 spiro atoms. The molecule has 0 aliphatic rings. The molecule has 0 saturated heterocycles. The molecule has 0 radical (unpaired) electrons. The Hall–Kier alpha value is -2.63. The highest BCUT2D eigenvalue weighted by Gasteiger charge is 2.11. The van der Waals surface area contributed by atoms with Gasteiger partial charge in [0.2, 0.25) is 0 Å². The van der Waals surface area contributed by atoms with Crippen molar-refractivity contribution in [2.75, 3.05) is 4.90 Å². The average molecular weight is 353 g/mol. The van der Waals surface area contributed by atoms with Crippen LogP contribution in [0.15, 0.2) is 89.8 Å². The van der Waals surface area contributed by atoms with Crippen LogP contribution in [-0.4, -0.2) is 13.0 Å². The van der Waals surface area contributed by atoms with Crippen molar-refractivity contribution in [2.45, 2.75) is 18.0 Å². The van der Waals surface area contributed by atoms with Gasteiger partial charge in [-0.25, -0.2) is 0 Å². The lowest BCUT2D eigenvalue weighted by molar-refractivity contribution is 0.483. The Labute approximate surface area is 148 Å². The Bertz CT molecular complexity index is 908. The molecule has 3 rings (SSSR count). The molecule has 0 unspecified atom stereocenters. The Balaban J connectivity index is 1.85. The van der Waals surface area contributed by atoms with Crippen molar-refractivity contribution in [3.8, 4) is 0 Å². The molecule has 1 N–H and O–H groups in total. The Kier molecular flexibility index (Phi) is 5.16. The summed E-state index contributed by atoms with van der Waals surface area (Å²) >= 11 is 0. The molecule has 3 aromatic carbocycles. The van der Waals surface area contributed by atoms with Gasteiger partial charge >= 0.3 is 0 Å². The van der Waals surface area contributed by atoms with E-state index < -0.39 is 10.1 Å². The maximum atomic E-state index is 11.2. The summed E-state index contributed by atoms with van der Waals surface area (Å²) < 4.78 is 31.4. The first kappa shape index (κ1) is 17.2. The predicted molar refractivity (Wildman–Crippen MR) is 99.0 cm³/mol. The summed E-state index contributed by atoms with van der Waals surface area (Å²) in [6, 6.07) is 26.6. The van der Waals surface area contributed by atoms with Gasteiger partial charge in [0.25, 0.3) is 10.1 Å². The minimum atomic E-state index is -4.16. The molecule has 0 atom stereocenters. The van der Waals surface area contributed by atoms with Crippen LogP contribution in [0.5, 0.6) is 0 Å². The summed E-state index contributed by atoms with van der Waals surface area (Å²) in [5.41, 5.74) is 3.25.